The highest BCUT2D eigenvalue weighted by Gasteiger charge is 2.10. The van der Waals surface area contributed by atoms with Crippen LogP contribution in [0.5, 0.6) is 0 Å². The van der Waals surface area contributed by atoms with Crippen molar-refractivity contribution in [2.24, 2.45) is 0 Å². The molecule has 1 heterocycles. The van der Waals surface area contributed by atoms with E-state index in [2.05, 4.69) is 15.8 Å². The largest absolute Gasteiger partial charge is 0.465 e. The summed E-state index contributed by atoms with van der Waals surface area (Å²) >= 11 is 1.35. The van der Waals surface area contributed by atoms with Crippen molar-refractivity contribution in [3.05, 3.63) is 62.9 Å². The molecule has 5 nitrogen and oxygen atoms in total. The van der Waals surface area contributed by atoms with E-state index in [1.807, 2.05) is 6.07 Å². The van der Waals surface area contributed by atoms with Crippen molar-refractivity contribution >= 4 is 17.7 Å². The number of aryl methyl sites for hydroxylation is 1. The minimum absolute atomic E-state index is 0.234. The second-order valence-corrected chi connectivity index (χ2v) is 5.60. The smallest absolute Gasteiger partial charge is 0.337 e. The second kappa shape index (κ2) is 6.96. The van der Waals surface area contributed by atoms with E-state index in [0.717, 1.165) is 5.56 Å². The van der Waals surface area contributed by atoms with Gasteiger partial charge in [0.25, 0.3) is 0 Å². The molecule has 22 heavy (non-hydrogen) atoms. The highest BCUT2D eigenvalue weighted by molar-refractivity contribution is 7.98. The van der Waals surface area contributed by atoms with E-state index in [4.69, 9.17) is 0 Å². The number of H-pyrrole nitrogens is 1. The first-order valence-corrected chi connectivity index (χ1v) is 7.47. The van der Waals surface area contributed by atoms with Crippen LogP contribution in [-0.4, -0.2) is 18.1 Å². The number of methoxy groups -OCH3 is 1. The van der Waals surface area contributed by atoms with Crippen molar-refractivity contribution in [3.63, 3.8) is 0 Å². The summed E-state index contributed by atoms with van der Waals surface area (Å²) in [5.41, 5.74) is 2.26. The van der Waals surface area contributed by atoms with Gasteiger partial charge < -0.3 is 9.72 Å². The molecular weight excluding hydrogens is 300 g/mol. The van der Waals surface area contributed by atoms with Gasteiger partial charge in [0.1, 0.15) is 6.07 Å². The Morgan fingerprint density at radius 1 is 1.41 bits per heavy atom. The first-order chi connectivity index (χ1) is 10.5. The van der Waals surface area contributed by atoms with Crippen LogP contribution < -0.4 is 5.56 Å². The van der Waals surface area contributed by atoms with Crippen LogP contribution in [0, 0.1) is 18.3 Å². The van der Waals surface area contributed by atoms with Crippen molar-refractivity contribution in [2.75, 3.05) is 7.11 Å². The molecule has 1 N–H and O–H groups in total. The van der Waals surface area contributed by atoms with E-state index < -0.39 is 5.97 Å². The van der Waals surface area contributed by atoms with Gasteiger partial charge in [0, 0.05) is 11.8 Å². The molecule has 1 aromatic carbocycles. The molecule has 0 spiro atoms. The van der Waals surface area contributed by atoms with Gasteiger partial charge in [-0.25, -0.2) is 4.79 Å². The SMILES string of the molecule is COC(=O)c1cccc(CSc2[nH]c(=O)cc(C)c2C#N)c1. The predicted molar refractivity (Wildman–Crippen MR) is 83.9 cm³/mol. The number of carbonyl (C=O) groups is 1. The zero-order valence-corrected chi connectivity index (χ0v) is 13.0. The van der Waals surface area contributed by atoms with E-state index in [1.54, 1.807) is 25.1 Å². The van der Waals surface area contributed by atoms with Gasteiger partial charge in [-0.3, -0.25) is 4.79 Å². The maximum atomic E-state index is 11.5. The number of carbonyl (C=O) groups excluding carboxylic acids is 1. The fourth-order valence-electron chi connectivity index (χ4n) is 1.97. The number of rotatable bonds is 4. The number of nitriles is 1. The first kappa shape index (κ1) is 15.9. The lowest BCUT2D eigenvalue weighted by Gasteiger charge is -2.07. The number of esters is 1. The summed E-state index contributed by atoms with van der Waals surface area (Å²) < 4.78 is 4.69. The molecule has 0 radical (unpaired) electrons. The predicted octanol–water partition coefficient (Wildman–Crippen LogP) is 2.63. The molecule has 0 aliphatic heterocycles. The lowest BCUT2D eigenvalue weighted by atomic mass is 10.1. The Morgan fingerprint density at radius 2 is 2.18 bits per heavy atom. The highest BCUT2D eigenvalue weighted by atomic mass is 32.2. The molecule has 0 bridgehead atoms. The molecule has 0 saturated carbocycles. The van der Waals surface area contributed by atoms with E-state index in [0.29, 0.717) is 27.5 Å². The van der Waals surface area contributed by atoms with Crippen molar-refractivity contribution in [1.29, 1.82) is 5.26 Å². The summed E-state index contributed by atoms with van der Waals surface area (Å²) in [6, 6.07) is 10.6. The van der Waals surface area contributed by atoms with Crippen LogP contribution in [0.4, 0.5) is 0 Å². The van der Waals surface area contributed by atoms with E-state index in [-0.39, 0.29) is 5.56 Å². The maximum Gasteiger partial charge on any atom is 0.337 e. The van der Waals surface area contributed by atoms with Crippen LogP contribution in [0.2, 0.25) is 0 Å². The van der Waals surface area contributed by atoms with Gasteiger partial charge in [-0.2, -0.15) is 5.26 Å². The maximum absolute atomic E-state index is 11.5. The van der Waals surface area contributed by atoms with Gasteiger partial charge in [0.2, 0.25) is 5.56 Å². The molecule has 112 valence electrons. The third kappa shape index (κ3) is 3.57. The fourth-order valence-corrected chi connectivity index (χ4v) is 2.98. The second-order valence-electron chi connectivity index (χ2n) is 4.61. The molecule has 2 rings (SSSR count). The minimum Gasteiger partial charge on any atom is -0.465 e. The van der Waals surface area contributed by atoms with E-state index in [9.17, 15) is 14.9 Å². The van der Waals surface area contributed by atoms with Crippen LogP contribution in [-0.2, 0) is 10.5 Å². The number of aromatic amines is 1. The third-order valence-electron chi connectivity index (χ3n) is 3.05. The zero-order chi connectivity index (χ0) is 16.1. The molecule has 0 unspecified atom stereocenters. The number of aromatic nitrogens is 1. The lowest BCUT2D eigenvalue weighted by Crippen LogP contribution is -2.08. The van der Waals surface area contributed by atoms with Crippen LogP contribution in [0.25, 0.3) is 0 Å². The van der Waals surface area contributed by atoms with Gasteiger partial charge in [-0.1, -0.05) is 12.1 Å². The minimum atomic E-state index is -0.395. The van der Waals surface area contributed by atoms with Crippen molar-refractivity contribution in [2.45, 2.75) is 17.7 Å². The molecule has 0 aliphatic rings. The average Bonchev–Trinajstić information content (AvgIpc) is 2.52. The number of pyridine rings is 1. The molecule has 2 aromatic rings. The van der Waals surface area contributed by atoms with Gasteiger partial charge >= 0.3 is 5.97 Å². The summed E-state index contributed by atoms with van der Waals surface area (Å²) in [6.45, 7) is 1.73. The van der Waals surface area contributed by atoms with E-state index >= 15 is 0 Å². The summed E-state index contributed by atoms with van der Waals surface area (Å²) in [6.07, 6.45) is 0. The average molecular weight is 314 g/mol. The molecule has 0 atom stereocenters. The summed E-state index contributed by atoms with van der Waals surface area (Å²) in [7, 11) is 1.33. The number of thioether (sulfide) groups is 1. The fraction of sp³-hybridized carbons (Fsp3) is 0.188. The summed E-state index contributed by atoms with van der Waals surface area (Å²) in [5.74, 6) is 0.132. The summed E-state index contributed by atoms with van der Waals surface area (Å²) in [4.78, 5) is 25.7. The number of hydrogen-bond donors (Lipinski definition) is 1. The van der Waals surface area contributed by atoms with Gasteiger partial charge in [0.15, 0.2) is 0 Å². The Hall–Kier alpha value is -2.52. The first-order valence-electron chi connectivity index (χ1n) is 6.49. The number of ether oxygens (including phenoxy) is 1. The standard InChI is InChI=1S/C16H14N2O3S/c1-10-6-14(19)18-15(13(10)8-17)22-9-11-4-3-5-12(7-11)16(20)21-2/h3-7H,9H2,1-2H3,(H,18,19). The number of benzene rings is 1. The Bertz CT molecular complexity index is 806. The quantitative estimate of drug-likeness (QED) is 0.693. The molecule has 0 saturated heterocycles. The van der Waals surface area contributed by atoms with Crippen LogP contribution in [0.1, 0.15) is 27.0 Å². The highest BCUT2D eigenvalue weighted by Crippen LogP contribution is 2.25. The molecule has 0 fully saturated rings. The molecule has 1 aromatic heterocycles. The van der Waals surface area contributed by atoms with Gasteiger partial charge in [-0.05, 0) is 30.2 Å². The van der Waals surface area contributed by atoms with Crippen LogP contribution in [0.3, 0.4) is 0 Å². The zero-order valence-electron chi connectivity index (χ0n) is 12.2. The van der Waals surface area contributed by atoms with Crippen molar-refractivity contribution < 1.29 is 9.53 Å². The summed E-state index contributed by atoms with van der Waals surface area (Å²) in [5, 5.41) is 9.73. The van der Waals surface area contributed by atoms with Gasteiger partial charge in [0.05, 0.1) is 23.3 Å². The van der Waals surface area contributed by atoms with E-state index in [1.165, 1.54) is 24.9 Å². The van der Waals surface area contributed by atoms with Gasteiger partial charge in [-0.15, -0.1) is 11.8 Å². The molecular formula is C16H14N2O3S. The molecule has 0 amide bonds. The van der Waals surface area contributed by atoms with Crippen LogP contribution in [0.15, 0.2) is 40.2 Å². The lowest BCUT2D eigenvalue weighted by molar-refractivity contribution is 0.0600. The Kier molecular flexibility index (Phi) is 5.02. The Labute approximate surface area is 131 Å². The normalized spacial score (nSPS) is 10.0. The Balaban J connectivity index is 2.23. The number of hydrogen-bond acceptors (Lipinski definition) is 5. The monoisotopic (exact) mass is 314 g/mol. The van der Waals surface area contributed by atoms with Crippen molar-refractivity contribution in [3.8, 4) is 6.07 Å². The Morgan fingerprint density at radius 3 is 2.86 bits per heavy atom. The molecule has 0 aliphatic carbocycles. The van der Waals surface area contributed by atoms with Crippen molar-refractivity contribution in [1.82, 2.24) is 4.98 Å². The molecule has 6 heteroatoms. The van der Waals surface area contributed by atoms with Crippen LogP contribution >= 0.6 is 11.8 Å². The number of nitrogens with one attached hydrogen (secondary N) is 1. The number of nitrogens with zero attached hydrogens (tertiary/aromatic N) is 1. The third-order valence-corrected chi connectivity index (χ3v) is 4.12. The topological polar surface area (TPSA) is 83.0 Å².